The fourth-order valence-electron chi connectivity index (χ4n) is 3.01. The van der Waals surface area contributed by atoms with E-state index in [0.717, 1.165) is 5.56 Å². The minimum atomic E-state index is -1.21. The molecule has 3 rings (SSSR count). The number of aryl methyl sites for hydroxylation is 1. The lowest BCUT2D eigenvalue weighted by molar-refractivity contribution is -0.134. The molecule has 1 aliphatic heterocycles. The lowest BCUT2D eigenvalue weighted by Gasteiger charge is -2.30. The van der Waals surface area contributed by atoms with Crippen molar-refractivity contribution >= 4 is 5.91 Å². The van der Waals surface area contributed by atoms with E-state index >= 15 is 0 Å². The van der Waals surface area contributed by atoms with E-state index in [9.17, 15) is 9.90 Å². The van der Waals surface area contributed by atoms with E-state index in [4.69, 9.17) is 9.47 Å². The van der Waals surface area contributed by atoms with Gasteiger partial charge in [-0.2, -0.15) is 0 Å². The maximum atomic E-state index is 12.6. The Bertz CT molecular complexity index is 692. The predicted molar refractivity (Wildman–Crippen MR) is 99.0 cm³/mol. The quantitative estimate of drug-likeness (QED) is 0.864. The maximum absolute atomic E-state index is 12.6. The topological polar surface area (TPSA) is 59.0 Å². The van der Waals surface area contributed by atoms with Crippen LogP contribution in [0, 0.1) is 0 Å². The van der Waals surface area contributed by atoms with Gasteiger partial charge in [-0.3, -0.25) is 4.79 Å². The molecular weight excluding hydrogens is 330 g/mol. The van der Waals surface area contributed by atoms with Gasteiger partial charge in [-0.25, -0.2) is 0 Å². The van der Waals surface area contributed by atoms with Crippen LogP contribution >= 0.6 is 0 Å². The van der Waals surface area contributed by atoms with Gasteiger partial charge in [0.05, 0.1) is 19.8 Å². The van der Waals surface area contributed by atoms with E-state index in [0.29, 0.717) is 31.7 Å². The van der Waals surface area contributed by atoms with Gasteiger partial charge in [0.1, 0.15) is 18.0 Å². The molecule has 0 saturated carbocycles. The molecule has 0 aliphatic carbocycles. The lowest BCUT2D eigenvalue weighted by atomic mass is 10.1. The molecule has 1 amide bonds. The highest BCUT2D eigenvalue weighted by Crippen LogP contribution is 2.17. The third-order valence-corrected chi connectivity index (χ3v) is 4.44. The van der Waals surface area contributed by atoms with Crippen LogP contribution < -0.4 is 4.74 Å². The number of β-amino-alcohol motifs (C(OH)–C–C–N with tert-alkyl or cyclic N) is 1. The van der Waals surface area contributed by atoms with Crippen LogP contribution in [0.2, 0.25) is 0 Å². The third-order valence-electron chi connectivity index (χ3n) is 4.44. The number of carbonyl (C=O) groups is 1. The molecule has 0 aromatic heterocycles. The fraction of sp³-hybridized carbons (Fsp3) is 0.381. The molecule has 1 heterocycles. The number of benzene rings is 2. The normalized spacial score (nSPS) is 20.4. The van der Waals surface area contributed by atoms with Crippen molar-refractivity contribution in [2.75, 3.05) is 32.9 Å². The first-order valence-corrected chi connectivity index (χ1v) is 8.94. The Morgan fingerprint density at radius 1 is 1.12 bits per heavy atom. The van der Waals surface area contributed by atoms with Crippen LogP contribution in [0.15, 0.2) is 60.7 Å². The number of ether oxygens (including phenoxy) is 2. The highest BCUT2D eigenvalue weighted by molar-refractivity contribution is 5.76. The molecule has 0 radical (unpaired) electrons. The zero-order valence-corrected chi connectivity index (χ0v) is 14.8. The van der Waals surface area contributed by atoms with Gasteiger partial charge in [-0.1, -0.05) is 48.5 Å². The number of hydrogen-bond acceptors (Lipinski definition) is 4. The molecule has 0 spiro atoms. The number of hydrogen-bond donors (Lipinski definition) is 1. The maximum Gasteiger partial charge on any atom is 0.223 e. The number of aliphatic hydroxyl groups is 1. The molecule has 5 heteroatoms. The zero-order valence-electron chi connectivity index (χ0n) is 14.8. The van der Waals surface area contributed by atoms with Crippen molar-refractivity contribution in [2.24, 2.45) is 0 Å². The molecule has 1 fully saturated rings. The molecule has 138 valence electrons. The smallest absolute Gasteiger partial charge is 0.223 e. The second kappa shape index (κ2) is 8.83. The lowest BCUT2D eigenvalue weighted by Crippen LogP contribution is -2.50. The Balaban J connectivity index is 1.56. The first-order valence-electron chi connectivity index (χ1n) is 8.94. The van der Waals surface area contributed by atoms with Gasteiger partial charge in [-0.05, 0) is 24.1 Å². The van der Waals surface area contributed by atoms with E-state index in [2.05, 4.69) is 0 Å². The van der Waals surface area contributed by atoms with E-state index in [1.165, 1.54) is 0 Å². The van der Waals surface area contributed by atoms with Crippen molar-refractivity contribution in [3.05, 3.63) is 66.2 Å². The first-order chi connectivity index (χ1) is 12.6. The van der Waals surface area contributed by atoms with Crippen LogP contribution in [-0.2, 0) is 16.0 Å². The van der Waals surface area contributed by atoms with Crippen LogP contribution in [-0.4, -0.2) is 54.4 Å². The molecule has 1 aliphatic rings. The number of carbonyl (C=O) groups excluding carboxylic acids is 1. The number of para-hydroxylation sites is 1. The third kappa shape index (κ3) is 5.31. The highest BCUT2D eigenvalue weighted by Gasteiger charge is 2.35. The summed E-state index contributed by atoms with van der Waals surface area (Å²) in [4.78, 5) is 14.3. The second-order valence-electron chi connectivity index (χ2n) is 6.68. The number of amides is 1. The van der Waals surface area contributed by atoms with Crippen molar-refractivity contribution in [2.45, 2.75) is 18.4 Å². The van der Waals surface area contributed by atoms with Crippen molar-refractivity contribution in [1.82, 2.24) is 4.90 Å². The standard InChI is InChI=1S/C21H25NO4/c23-20(12-11-18-7-3-1-4-8-18)22-13-14-25-16-21(24,15-22)17-26-19-9-5-2-6-10-19/h1-10,24H,11-17H2/t21-/m0/s1. The average Bonchev–Trinajstić information content (AvgIpc) is 2.88. The minimum absolute atomic E-state index is 0.0255. The van der Waals surface area contributed by atoms with Crippen LogP contribution in [0.1, 0.15) is 12.0 Å². The van der Waals surface area contributed by atoms with Gasteiger partial charge in [0, 0.05) is 13.0 Å². The van der Waals surface area contributed by atoms with Crippen LogP contribution in [0.5, 0.6) is 5.75 Å². The minimum Gasteiger partial charge on any atom is -0.490 e. The van der Waals surface area contributed by atoms with E-state index in [-0.39, 0.29) is 25.7 Å². The Hall–Kier alpha value is -2.37. The summed E-state index contributed by atoms with van der Waals surface area (Å²) in [6, 6.07) is 19.3. The van der Waals surface area contributed by atoms with Crippen molar-refractivity contribution < 1.29 is 19.4 Å². The molecule has 2 aromatic rings. The fourth-order valence-corrected chi connectivity index (χ4v) is 3.01. The summed E-state index contributed by atoms with van der Waals surface area (Å²) in [7, 11) is 0. The molecule has 1 atom stereocenters. The summed E-state index contributed by atoms with van der Waals surface area (Å²) in [5.74, 6) is 0.713. The Morgan fingerprint density at radius 2 is 1.81 bits per heavy atom. The van der Waals surface area contributed by atoms with Gasteiger partial charge in [0.25, 0.3) is 0 Å². The summed E-state index contributed by atoms with van der Waals surface area (Å²) in [5, 5.41) is 10.9. The zero-order chi connectivity index (χ0) is 18.2. The van der Waals surface area contributed by atoms with Gasteiger partial charge >= 0.3 is 0 Å². The Kier molecular flexibility index (Phi) is 6.26. The van der Waals surface area contributed by atoms with Crippen LogP contribution in [0.25, 0.3) is 0 Å². The van der Waals surface area contributed by atoms with Crippen LogP contribution in [0.3, 0.4) is 0 Å². The Labute approximate surface area is 154 Å². The number of nitrogens with zero attached hydrogens (tertiary/aromatic N) is 1. The second-order valence-corrected chi connectivity index (χ2v) is 6.68. The monoisotopic (exact) mass is 355 g/mol. The molecule has 26 heavy (non-hydrogen) atoms. The molecule has 0 unspecified atom stereocenters. The van der Waals surface area contributed by atoms with E-state index in [1.807, 2.05) is 60.7 Å². The van der Waals surface area contributed by atoms with Crippen molar-refractivity contribution in [3.8, 4) is 5.75 Å². The molecule has 5 nitrogen and oxygen atoms in total. The molecule has 0 bridgehead atoms. The van der Waals surface area contributed by atoms with Crippen molar-refractivity contribution in [3.63, 3.8) is 0 Å². The van der Waals surface area contributed by atoms with Crippen molar-refractivity contribution in [1.29, 1.82) is 0 Å². The number of rotatable bonds is 6. The summed E-state index contributed by atoms with van der Waals surface area (Å²) in [6.45, 7) is 1.36. The Morgan fingerprint density at radius 3 is 2.54 bits per heavy atom. The van der Waals surface area contributed by atoms with Gasteiger partial charge in [-0.15, -0.1) is 0 Å². The molecule has 1 N–H and O–H groups in total. The van der Waals surface area contributed by atoms with E-state index in [1.54, 1.807) is 4.90 Å². The van der Waals surface area contributed by atoms with Gasteiger partial charge in [0.2, 0.25) is 5.91 Å². The summed E-state index contributed by atoms with van der Waals surface area (Å²) < 4.78 is 11.2. The van der Waals surface area contributed by atoms with Crippen LogP contribution in [0.4, 0.5) is 0 Å². The first kappa shape index (κ1) is 18.4. The largest absolute Gasteiger partial charge is 0.490 e. The summed E-state index contributed by atoms with van der Waals surface area (Å²) in [6.07, 6.45) is 1.11. The SMILES string of the molecule is O=C(CCc1ccccc1)N1CCOC[C@](O)(COc2ccccc2)C1. The molecular formula is C21H25NO4. The summed E-state index contributed by atoms with van der Waals surface area (Å²) in [5.41, 5.74) is -0.0797. The molecule has 1 saturated heterocycles. The average molecular weight is 355 g/mol. The van der Waals surface area contributed by atoms with E-state index < -0.39 is 5.60 Å². The predicted octanol–water partition coefficient (Wildman–Crippen LogP) is 2.29. The summed E-state index contributed by atoms with van der Waals surface area (Å²) >= 11 is 0. The molecule has 2 aromatic carbocycles. The van der Waals surface area contributed by atoms with Gasteiger partial charge < -0.3 is 19.5 Å². The van der Waals surface area contributed by atoms with Gasteiger partial charge in [0.15, 0.2) is 0 Å². The highest BCUT2D eigenvalue weighted by atomic mass is 16.5.